The highest BCUT2D eigenvalue weighted by molar-refractivity contribution is 7.13. The summed E-state index contributed by atoms with van der Waals surface area (Å²) >= 11 is 1.67. The summed E-state index contributed by atoms with van der Waals surface area (Å²) in [6, 6.07) is 6.05. The number of anilines is 1. The van der Waals surface area contributed by atoms with E-state index in [9.17, 15) is 4.79 Å². The van der Waals surface area contributed by atoms with Gasteiger partial charge in [0, 0.05) is 23.8 Å². The minimum absolute atomic E-state index is 0.0451. The quantitative estimate of drug-likeness (QED) is 0.911. The van der Waals surface area contributed by atoms with Crippen LogP contribution in [0.15, 0.2) is 23.6 Å². The van der Waals surface area contributed by atoms with Gasteiger partial charge in [0.1, 0.15) is 5.01 Å². The zero-order valence-corrected chi connectivity index (χ0v) is 12.6. The van der Waals surface area contributed by atoms with E-state index in [0.717, 1.165) is 21.8 Å². The lowest BCUT2D eigenvalue weighted by molar-refractivity contribution is -0.114. The van der Waals surface area contributed by atoms with Gasteiger partial charge in [-0.25, -0.2) is 4.98 Å². The molecule has 2 aromatic rings. The van der Waals surface area contributed by atoms with Crippen molar-refractivity contribution >= 4 is 22.9 Å². The zero-order valence-electron chi connectivity index (χ0n) is 11.8. The normalized spacial score (nSPS) is 14.9. The first-order chi connectivity index (χ1) is 9.65. The highest BCUT2D eigenvalue weighted by atomic mass is 32.1. The molecule has 1 aliphatic rings. The van der Waals surface area contributed by atoms with Gasteiger partial charge >= 0.3 is 0 Å². The average molecular weight is 286 g/mol. The van der Waals surface area contributed by atoms with E-state index in [4.69, 9.17) is 4.98 Å². The lowest BCUT2D eigenvalue weighted by atomic mass is 9.83. The topological polar surface area (TPSA) is 42.0 Å². The van der Waals surface area contributed by atoms with Gasteiger partial charge in [0.15, 0.2) is 0 Å². The first kappa shape index (κ1) is 13.3. The third kappa shape index (κ3) is 2.48. The number of nitrogens with zero attached hydrogens (tertiary/aromatic N) is 1. The van der Waals surface area contributed by atoms with Crippen molar-refractivity contribution in [3.63, 3.8) is 0 Å². The molecule has 1 saturated carbocycles. The second-order valence-corrected chi connectivity index (χ2v) is 6.24. The van der Waals surface area contributed by atoms with Gasteiger partial charge in [-0.2, -0.15) is 0 Å². The van der Waals surface area contributed by atoms with Crippen LogP contribution in [0.1, 0.15) is 43.4 Å². The maximum atomic E-state index is 11.4. The third-order valence-electron chi connectivity index (χ3n) is 3.85. The number of aryl methyl sites for hydroxylation is 1. The average Bonchev–Trinajstić information content (AvgIpc) is 2.78. The van der Waals surface area contributed by atoms with Crippen LogP contribution in [-0.2, 0) is 4.79 Å². The molecule has 0 radical (unpaired) electrons. The molecule has 4 heteroatoms. The summed E-state index contributed by atoms with van der Waals surface area (Å²) in [6.07, 6.45) is 3.84. The van der Waals surface area contributed by atoms with E-state index in [1.54, 1.807) is 11.3 Å². The fourth-order valence-electron chi connectivity index (χ4n) is 2.49. The van der Waals surface area contributed by atoms with Crippen LogP contribution in [0.4, 0.5) is 5.69 Å². The third-order valence-corrected chi connectivity index (χ3v) is 4.74. The van der Waals surface area contributed by atoms with Crippen LogP contribution in [0.2, 0.25) is 0 Å². The van der Waals surface area contributed by atoms with Crippen molar-refractivity contribution < 1.29 is 4.79 Å². The predicted molar refractivity (Wildman–Crippen MR) is 83.2 cm³/mol. The molecule has 1 aliphatic carbocycles. The molecule has 1 N–H and O–H groups in total. The molecule has 1 fully saturated rings. The van der Waals surface area contributed by atoms with Crippen LogP contribution in [0, 0.1) is 6.92 Å². The van der Waals surface area contributed by atoms with Crippen molar-refractivity contribution in [1.29, 1.82) is 0 Å². The smallest absolute Gasteiger partial charge is 0.221 e. The molecule has 0 atom stereocenters. The highest BCUT2D eigenvalue weighted by Crippen LogP contribution is 2.40. The maximum Gasteiger partial charge on any atom is 0.221 e. The molecule has 0 bridgehead atoms. The molecule has 104 valence electrons. The number of benzene rings is 1. The fraction of sp³-hybridized carbons (Fsp3) is 0.375. The van der Waals surface area contributed by atoms with E-state index in [2.05, 4.69) is 10.7 Å². The van der Waals surface area contributed by atoms with Gasteiger partial charge in [0.05, 0.1) is 11.4 Å². The van der Waals surface area contributed by atoms with Crippen molar-refractivity contribution in [2.75, 3.05) is 5.32 Å². The lowest BCUT2D eigenvalue weighted by Crippen LogP contribution is -2.09. The minimum atomic E-state index is -0.0451. The molecule has 0 unspecified atom stereocenters. The van der Waals surface area contributed by atoms with Crippen molar-refractivity contribution in [3.05, 3.63) is 34.8 Å². The molecule has 3 nitrogen and oxygen atoms in total. The number of carbonyl (C=O) groups is 1. The van der Waals surface area contributed by atoms with Crippen molar-refractivity contribution in [2.45, 2.75) is 39.0 Å². The first-order valence-electron chi connectivity index (χ1n) is 6.98. The van der Waals surface area contributed by atoms with Crippen LogP contribution >= 0.6 is 11.3 Å². The van der Waals surface area contributed by atoms with Gasteiger partial charge in [0.2, 0.25) is 5.91 Å². The molecule has 0 saturated heterocycles. The Kier molecular flexibility index (Phi) is 3.57. The van der Waals surface area contributed by atoms with Crippen molar-refractivity contribution in [2.24, 2.45) is 0 Å². The van der Waals surface area contributed by atoms with Crippen LogP contribution < -0.4 is 5.32 Å². The maximum absolute atomic E-state index is 11.4. The predicted octanol–water partition coefficient (Wildman–Crippen LogP) is 4.34. The van der Waals surface area contributed by atoms with Crippen LogP contribution in [-0.4, -0.2) is 10.9 Å². The summed E-state index contributed by atoms with van der Waals surface area (Å²) in [5.74, 6) is 0.602. The molecule has 0 spiro atoms. The van der Waals surface area contributed by atoms with Gasteiger partial charge < -0.3 is 5.32 Å². The zero-order chi connectivity index (χ0) is 14.1. The van der Waals surface area contributed by atoms with Gasteiger partial charge in [-0.15, -0.1) is 11.3 Å². The number of rotatable bonds is 3. The Bertz CT molecular complexity index is 644. The van der Waals surface area contributed by atoms with Crippen LogP contribution in [0.5, 0.6) is 0 Å². The van der Waals surface area contributed by atoms with E-state index in [-0.39, 0.29) is 5.91 Å². The second-order valence-electron chi connectivity index (χ2n) is 5.38. The number of thiazole rings is 1. The molecule has 3 rings (SSSR count). The molecule has 1 aromatic carbocycles. The Morgan fingerprint density at radius 1 is 1.40 bits per heavy atom. The van der Waals surface area contributed by atoms with Crippen molar-refractivity contribution in [1.82, 2.24) is 4.98 Å². The molecular formula is C16H18N2OS. The summed E-state index contributed by atoms with van der Waals surface area (Å²) in [5, 5.41) is 6.10. The minimum Gasteiger partial charge on any atom is -0.325 e. The van der Waals surface area contributed by atoms with Gasteiger partial charge in [-0.1, -0.05) is 18.6 Å². The SMILES string of the molecule is CC(=O)Nc1c(C)cccc1-c1nc(C2CCC2)cs1. The van der Waals surface area contributed by atoms with Crippen LogP contribution in [0.3, 0.4) is 0 Å². The Balaban J connectivity index is 1.98. The summed E-state index contributed by atoms with van der Waals surface area (Å²) in [7, 11) is 0. The van der Waals surface area contributed by atoms with Gasteiger partial charge in [-0.3, -0.25) is 4.79 Å². The van der Waals surface area contributed by atoms with Gasteiger partial charge in [0.25, 0.3) is 0 Å². The summed E-state index contributed by atoms with van der Waals surface area (Å²) < 4.78 is 0. The molecule has 1 heterocycles. The van der Waals surface area contributed by atoms with E-state index in [1.807, 2.05) is 25.1 Å². The lowest BCUT2D eigenvalue weighted by Gasteiger charge is -2.23. The highest BCUT2D eigenvalue weighted by Gasteiger charge is 2.23. The fourth-order valence-corrected chi connectivity index (χ4v) is 3.42. The number of hydrogen-bond acceptors (Lipinski definition) is 3. The standard InChI is InChI=1S/C16H18N2OS/c1-10-5-3-8-13(15(10)17-11(2)19)16-18-14(9-20-16)12-6-4-7-12/h3,5,8-9,12H,4,6-7H2,1-2H3,(H,17,19). The largest absolute Gasteiger partial charge is 0.325 e. The van der Waals surface area contributed by atoms with E-state index >= 15 is 0 Å². The molecule has 1 aromatic heterocycles. The molecule has 20 heavy (non-hydrogen) atoms. The number of aromatic nitrogens is 1. The first-order valence-corrected chi connectivity index (χ1v) is 7.86. The second kappa shape index (κ2) is 5.37. The number of para-hydroxylation sites is 1. The Morgan fingerprint density at radius 3 is 2.85 bits per heavy atom. The summed E-state index contributed by atoms with van der Waals surface area (Å²) in [5.41, 5.74) is 4.19. The number of nitrogens with one attached hydrogen (secondary N) is 1. The van der Waals surface area contributed by atoms with Crippen LogP contribution in [0.25, 0.3) is 10.6 Å². The van der Waals surface area contributed by atoms with E-state index in [1.165, 1.54) is 31.9 Å². The number of carbonyl (C=O) groups excluding carboxylic acids is 1. The number of hydrogen-bond donors (Lipinski definition) is 1. The summed E-state index contributed by atoms with van der Waals surface area (Å²) in [4.78, 5) is 16.2. The number of amides is 1. The van der Waals surface area contributed by atoms with E-state index in [0.29, 0.717) is 5.92 Å². The monoisotopic (exact) mass is 286 g/mol. The Hall–Kier alpha value is -1.68. The molecule has 1 amide bonds. The molecule has 0 aliphatic heterocycles. The summed E-state index contributed by atoms with van der Waals surface area (Å²) in [6.45, 7) is 3.55. The van der Waals surface area contributed by atoms with Gasteiger partial charge in [-0.05, 0) is 31.4 Å². The van der Waals surface area contributed by atoms with E-state index < -0.39 is 0 Å². The van der Waals surface area contributed by atoms with Crippen molar-refractivity contribution in [3.8, 4) is 10.6 Å². The Morgan fingerprint density at radius 2 is 2.20 bits per heavy atom. The molecular weight excluding hydrogens is 268 g/mol. The Labute approximate surface area is 123 Å².